The molecule has 0 spiro atoms. The van der Waals surface area contributed by atoms with Gasteiger partial charge in [-0.1, -0.05) is 38.5 Å². The lowest BCUT2D eigenvalue weighted by Gasteiger charge is -2.41. The van der Waals surface area contributed by atoms with Crippen molar-refractivity contribution in [1.82, 2.24) is 5.32 Å². The third kappa shape index (κ3) is 9.26. The molecule has 0 radical (unpaired) electrons. The van der Waals surface area contributed by atoms with Crippen molar-refractivity contribution >= 4 is 5.78 Å². The van der Waals surface area contributed by atoms with E-state index in [0.717, 1.165) is 44.9 Å². The molecule has 0 aromatic rings. The Morgan fingerprint density at radius 1 is 0.714 bits per heavy atom. The Morgan fingerprint density at radius 3 is 1.97 bits per heavy atom. The number of Topliss-reactive ketones (excluding diaryl/α,β-unsaturated/α-hetero) is 1. The molecule has 35 heavy (non-hydrogen) atoms. The van der Waals surface area contributed by atoms with E-state index in [9.17, 15) is 35.4 Å². The highest BCUT2D eigenvalue weighted by atomic mass is 16.7. The van der Waals surface area contributed by atoms with Gasteiger partial charge in [0.2, 0.25) is 0 Å². The highest BCUT2D eigenvalue weighted by molar-refractivity contribution is 5.78. The van der Waals surface area contributed by atoms with Crippen molar-refractivity contribution in [2.24, 2.45) is 0 Å². The minimum Gasteiger partial charge on any atom is -0.396 e. The summed E-state index contributed by atoms with van der Waals surface area (Å²) in [5, 5.41) is 71.7. The number of unbranched alkanes of at least 4 members (excludes halogenated alkanes) is 6. The second-order valence-electron chi connectivity index (χ2n) is 9.73. The molecule has 0 aromatic carbocycles. The Hall–Kier alpha value is -0.730. The molecule has 2 heterocycles. The van der Waals surface area contributed by atoms with Gasteiger partial charge in [0.1, 0.15) is 36.3 Å². The van der Waals surface area contributed by atoms with Gasteiger partial charge in [-0.15, -0.1) is 0 Å². The number of aliphatic hydroxyl groups excluding tert-OH is 7. The summed E-state index contributed by atoms with van der Waals surface area (Å²) in [6.07, 6.45) is 0.195. The van der Waals surface area contributed by atoms with Crippen LogP contribution in [0.2, 0.25) is 0 Å². The highest BCUT2D eigenvalue weighted by Gasteiger charge is 2.49. The van der Waals surface area contributed by atoms with Gasteiger partial charge in [-0.2, -0.15) is 0 Å². The van der Waals surface area contributed by atoms with Gasteiger partial charge in [0.25, 0.3) is 0 Å². The van der Waals surface area contributed by atoms with Crippen molar-refractivity contribution < 1.29 is 50.0 Å². The molecular formula is C24H45NO10. The topological polar surface area (TPSA) is 189 Å². The molecule has 0 aromatic heterocycles. The number of rotatable bonds is 17. The van der Waals surface area contributed by atoms with Crippen LogP contribution in [0.4, 0.5) is 0 Å². The molecule has 0 amide bonds. The SMILES string of the molecule is O=C(CCCO)CCCCCCCCCC1N[C@H](CO)[C@H](O)[C@@H]1O[C@@H]1O[C@H](CO)[C@H](O)[C@H](O)[C@H]1O. The molecule has 2 saturated heterocycles. The standard InChI is InChI=1S/C24H45NO10/c26-12-8-10-15(29)9-6-4-2-1-3-5-7-11-16-23(19(30)17(13-27)25-16)35-24-22(33)21(32)20(31)18(14-28)34-24/h16-28,30-33H,1-14H2/t16?,17-,18-,19+,20+,21+,22-,23-,24+/m1/s1. The summed E-state index contributed by atoms with van der Waals surface area (Å²) in [5.74, 6) is 0.215. The van der Waals surface area contributed by atoms with Crippen molar-refractivity contribution in [2.45, 2.75) is 126 Å². The average Bonchev–Trinajstić information content (AvgIpc) is 3.15. The summed E-state index contributed by atoms with van der Waals surface area (Å²) in [7, 11) is 0. The Labute approximate surface area is 207 Å². The van der Waals surface area contributed by atoms with Gasteiger partial charge in [-0.25, -0.2) is 0 Å². The minimum atomic E-state index is -1.57. The van der Waals surface area contributed by atoms with E-state index in [0.29, 0.717) is 25.7 Å². The molecule has 0 bridgehead atoms. The fraction of sp³-hybridized carbons (Fsp3) is 0.958. The van der Waals surface area contributed by atoms with E-state index < -0.39 is 55.6 Å². The molecule has 206 valence electrons. The van der Waals surface area contributed by atoms with Crippen molar-refractivity contribution in [2.75, 3.05) is 19.8 Å². The van der Waals surface area contributed by atoms with Gasteiger partial charge in [-0.3, -0.25) is 4.79 Å². The first kappa shape index (κ1) is 30.5. The number of carbonyl (C=O) groups excluding carboxylic acids is 1. The van der Waals surface area contributed by atoms with Crippen LogP contribution in [0.5, 0.6) is 0 Å². The van der Waals surface area contributed by atoms with E-state index in [1.54, 1.807) is 0 Å². The van der Waals surface area contributed by atoms with Crippen molar-refractivity contribution in [3.63, 3.8) is 0 Å². The Morgan fingerprint density at radius 2 is 1.34 bits per heavy atom. The number of ether oxygens (including phenoxy) is 2. The van der Waals surface area contributed by atoms with Crippen LogP contribution in [0.25, 0.3) is 0 Å². The third-order valence-electron chi connectivity index (χ3n) is 6.99. The average molecular weight is 508 g/mol. The molecular weight excluding hydrogens is 462 g/mol. The smallest absolute Gasteiger partial charge is 0.187 e. The maximum Gasteiger partial charge on any atom is 0.187 e. The van der Waals surface area contributed by atoms with Gasteiger partial charge in [0.05, 0.1) is 25.4 Å². The van der Waals surface area contributed by atoms with E-state index in [1.807, 2.05) is 0 Å². The van der Waals surface area contributed by atoms with Crippen molar-refractivity contribution in [3.8, 4) is 0 Å². The predicted octanol–water partition coefficient (Wildman–Crippen LogP) is -1.28. The first-order valence-electron chi connectivity index (χ1n) is 13.0. The molecule has 0 aliphatic carbocycles. The fourth-order valence-corrected chi connectivity index (χ4v) is 4.83. The van der Waals surface area contributed by atoms with Gasteiger partial charge in [0, 0.05) is 25.5 Å². The third-order valence-corrected chi connectivity index (χ3v) is 6.99. The van der Waals surface area contributed by atoms with Crippen LogP contribution in [-0.4, -0.2) is 116 Å². The first-order valence-corrected chi connectivity index (χ1v) is 13.0. The van der Waals surface area contributed by atoms with Gasteiger partial charge in [0.15, 0.2) is 6.29 Å². The van der Waals surface area contributed by atoms with E-state index in [4.69, 9.17) is 14.6 Å². The molecule has 0 saturated carbocycles. The summed E-state index contributed by atoms with van der Waals surface area (Å²) in [6.45, 7) is -0.809. The molecule has 9 atom stereocenters. The van der Waals surface area contributed by atoms with E-state index in [1.165, 1.54) is 0 Å². The summed E-state index contributed by atoms with van der Waals surface area (Å²) in [5.41, 5.74) is 0. The normalized spacial score (nSPS) is 35.5. The lowest BCUT2D eigenvalue weighted by Crippen LogP contribution is -2.60. The van der Waals surface area contributed by atoms with Crippen LogP contribution in [0.3, 0.4) is 0 Å². The van der Waals surface area contributed by atoms with Crippen molar-refractivity contribution in [1.29, 1.82) is 0 Å². The van der Waals surface area contributed by atoms with E-state index >= 15 is 0 Å². The largest absolute Gasteiger partial charge is 0.396 e. The Kier molecular flexibility index (Phi) is 14.1. The maximum atomic E-state index is 11.6. The molecule has 1 unspecified atom stereocenters. The van der Waals surface area contributed by atoms with Gasteiger partial charge in [-0.05, 0) is 19.3 Å². The van der Waals surface area contributed by atoms with Gasteiger partial charge < -0.3 is 50.5 Å². The molecule has 8 N–H and O–H groups in total. The molecule has 2 fully saturated rings. The molecule has 2 aliphatic rings. The zero-order chi connectivity index (χ0) is 25.8. The maximum absolute atomic E-state index is 11.6. The summed E-state index contributed by atoms with van der Waals surface area (Å²) < 4.78 is 11.2. The van der Waals surface area contributed by atoms with Crippen LogP contribution in [0.1, 0.15) is 70.6 Å². The molecule has 11 nitrogen and oxygen atoms in total. The predicted molar refractivity (Wildman–Crippen MR) is 125 cm³/mol. The number of hydrogen-bond acceptors (Lipinski definition) is 11. The molecule has 11 heteroatoms. The highest BCUT2D eigenvalue weighted by Crippen LogP contribution is 2.28. The van der Waals surface area contributed by atoms with Crippen LogP contribution >= 0.6 is 0 Å². The zero-order valence-corrected chi connectivity index (χ0v) is 20.5. The molecule has 2 rings (SSSR count). The quantitative estimate of drug-likeness (QED) is 0.109. The fourth-order valence-electron chi connectivity index (χ4n) is 4.83. The summed E-state index contributed by atoms with van der Waals surface area (Å²) in [4.78, 5) is 11.6. The van der Waals surface area contributed by atoms with Crippen LogP contribution in [0.15, 0.2) is 0 Å². The Bertz CT molecular complexity index is 595. The summed E-state index contributed by atoms with van der Waals surface area (Å²) >= 11 is 0. The minimum absolute atomic E-state index is 0.0579. The monoisotopic (exact) mass is 507 g/mol. The van der Waals surface area contributed by atoms with E-state index in [-0.39, 0.29) is 25.0 Å². The zero-order valence-electron chi connectivity index (χ0n) is 20.5. The number of ketones is 1. The number of aliphatic hydroxyl groups is 7. The van der Waals surface area contributed by atoms with E-state index in [2.05, 4.69) is 5.32 Å². The number of carbonyl (C=O) groups is 1. The molecule has 2 aliphatic heterocycles. The number of hydrogen-bond donors (Lipinski definition) is 8. The first-order chi connectivity index (χ1) is 16.8. The second kappa shape index (κ2) is 16.2. The summed E-state index contributed by atoms with van der Waals surface area (Å²) in [6, 6.07) is -0.908. The van der Waals surface area contributed by atoms with Crippen LogP contribution in [0, 0.1) is 0 Å². The number of nitrogens with one attached hydrogen (secondary N) is 1. The van der Waals surface area contributed by atoms with Gasteiger partial charge >= 0.3 is 0 Å². The second-order valence-corrected chi connectivity index (χ2v) is 9.73. The Balaban J connectivity index is 1.71. The van der Waals surface area contributed by atoms with Crippen LogP contribution < -0.4 is 5.32 Å². The lowest BCUT2D eigenvalue weighted by atomic mass is 9.98. The van der Waals surface area contributed by atoms with Crippen LogP contribution in [-0.2, 0) is 14.3 Å². The lowest BCUT2D eigenvalue weighted by molar-refractivity contribution is -0.316. The van der Waals surface area contributed by atoms with Crippen molar-refractivity contribution in [3.05, 3.63) is 0 Å².